The standard InChI is InChI=1S/C19H23FN4O.HI/c1-12-8-15(13(2)25-12)11-24-19(21-3)22-7-6-14-10-23-18-9-16(20)4-5-17(14)18;/h4-5,8-10,23H,6-7,11H2,1-3H3,(H2,21,22,24);1H. The van der Waals surface area contributed by atoms with E-state index in [2.05, 4.69) is 20.6 Å². The van der Waals surface area contributed by atoms with Crippen molar-refractivity contribution in [1.29, 1.82) is 0 Å². The van der Waals surface area contributed by atoms with E-state index in [1.807, 2.05) is 32.2 Å². The molecule has 2 aromatic heterocycles. The van der Waals surface area contributed by atoms with Crippen molar-refractivity contribution >= 4 is 40.8 Å². The van der Waals surface area contributed by atoms with Gasteiger partial charge >= 0.3 is 0 Å². The summed E-state index contributed by atoms with van der Waals surface area (Å²) in [5.74, 6) is 2.34. The van der Waals surface area contributed by atoms with E-state index in [0.717, 1.165) is 52.5 Å². The van der Waals surface area contributed by atoms with Crippen LogP contribution in [0.4, 0.5) is 4.39 Å². The van der Waals surface area contributed by atoms with Gasteiger partial charge in [0.1, 0.15) is 17.3 Å². The zero-order chi connectivity index (χ0) is 17.8. The summed E-state index contributed by atoms with van der Waals surface area (Å²) in [5, 5.41) is 7.64. The molecule has 0 atom stereocenters. The van der Waals surface area contributed by atoms with Gasteiger partial charge in [0, 0.05) is 42.8 Å². The molecule has 7 heteroatoms. The van der Waals surface area contributed by atoms with Crippen molar-refractivity contribution in [1.82, 2.24) is 15.6 Å². The zero-order valence-electron chi connectivity index (χ0n) is 15.1. The summed E-state index contributed by atoms with van der Waals surface area (Å²) < 4.78 is 18.8. The smallest absolute Gasteiger partial charge is 0.191 e. The molecule has 1 aromatic carbocycles. The summed E-state index contributed by atoms with van der Waals surface area (Å²) >= 11 is 0. The number of aliphatic imine (C=N–C) groups is 1. The fraction of sp³-hybridized carbons (Fsp3) is 0.316. The molecule has 3 rings (SSSR count). The lowest BCUT2D eigenvalue weighted by Crippen LogP contribution is -2.37. The third-order valence-corrected chi connectivity index (χ3v) is 4.23. The van der Waals surface area contributed by atoms with Crippen molar-refractivity contribution in [2.24, 2.45) is 4.99 Å². The molecule has 0 amide bonds. The first-order chi connectivity index (χ1) is 12.1. The Morgan fingerprint density at radius 2 is 2.00 bits per heavy atom. The average Bonchev–Trinajstić information content (AvgIpc) is 3.12. The van der Waals surface area contributed by atoms with Crippen molar-refractivity contribution in [3.63, 3.8) is 0 Å². The second kappa shape index (κ2) is 9.07. The molecule has 26 heavy (non-hydrogen) atoms. The first kappa shape index (κ1) is 20.3. The minimum absolute atomic E-state index is 0. The normalized spacial score (nSPS) is 11.5. The molecule has 0 saturated heterocycles. The fourth-order valence-electron chi connectivity index (χ4n) is 2.94. The molecule has 3 N–H and O–H groups in total. The Labute approximate surface area is 169 Å². The molecule has 0 unspecified atom stereocenters. The number of benzene rings is 1. The molecule has 0 aliphatic carbocycles. The lowest BCUT2D eigenvalue weighted by atomic mass is 10.1. The van der Waals surface area contributed by atoms with E-state index in [4.69, 9.17) is 4.42 Å². The number of hydrogen-bond acceptors (Lipinski definition) is 2. The maximum absolute atomic E-state index is 13.2. The number of nitrogens with one attached hydrogen (secondary N) is 3. The van der Waals surface area contributed by atoms with Gasteiger partial charge in [-0.25, -0.2) is 4.39 Å². The van der Waals surface area contributed by atoms with E-state index >= 15 is 0 Å². The van der Waals surface area contributed by atoms with Crippen LogP contribution in [0.1, 0.15) is 22.6 Å². The quantitative estimate of drug-likeness (QED) is 0.300. The zero-order valence-corrected chi connectivity index (χ0v) is 17.5. The van der Waals surface area contributed by atoms with Crippen LogP contribution in [0, 0.1) is 19.7 Å². The van der Waals surface area contributed by atoms with Gasteiger partial charge < -0.3 is 20.0 Å². The predicted octanol–water partition coefficient (Wildman–Crippen LogP) is 4.04. The van der Waals surface area contributed by atoms with Crippen molar-refractivity contribution in [2.45, 2.75) is 26.8 Å². The van der Waals surface area contributed by atoms with E-state index in [9.17, 15) is 4.39 Å². The fourth-order valence-corrected chi connectivity index (χ4v) is 2.94. The number of furan rings is 1. The summed E-state index contributed by atoms with van der Waals surface area (Å²) in [4.78, 5) is 7.35. The largest absolute Gasteiger partial charge is 0.466 e. The van der Waals surface area contributed by atoms with Crippen LogP contribution < -0.4 is 10.6 Å². The molecule has 3 aromatic rings. The third kappa shape index (κ3) is 4.78. The van der Waals surface area contributed by atoms with Crippen molar-refractivity contribution < 1.29 is 8.81 Å². The lowest BCUT2D eigenvalue weighted by molar-refractivity contribution is 0.500. The lowest BCUT2D eigenvalue weighted by Gasteiger charge is -2.11. The predicted molar refractivity (Wildman–Crippen MR) is 114 cm³/mol. The molecule has 0 bridgehead atoms. The minimum atomic E-state index is -0.228. The van der Waals surface area contributed by atoms with Gasteiger partial charge in [-0.2, -0.15) is 0 Å². The van der Waals surface area contributed by atoms with Crippen molar-refractivity contribution in [3.8, 4) is 0 Å². The monoisotopic (exact) mass is 470 g/mol. The Morgan fingerprint density at radius 3 is 2.69 bits per heavy atom. The molecule has 140 valence electrons. The highest BCUT2D eigenvalue weighted by Gasteiger charge is 2.07. The summed E-state index contributed by atoms with van der Waals surface area (Å²) in [5.41, 5.74) is 3.10. The van der Waals surface area contributed by atoms with Gasteiger partial charge in [-0.1, -0.05) is 0 Å². The van der Waals surface area contributed by atoms with Gasteiger partial charge in [0.05, 0.1) is 0 Å². The Bertz CT molecular complexity index is 900. The first-order valence-electron chi connectivity index (χ1n) is 8.32. The van der Waals surface area contributed by atoms with E-state index < -0.39 is 0 Å². The highest BCUT2D eigenvalue weighted by molar-refractivity contribution is 14.0. The molecular formula is C19H24FIN4O. The second-order valence-corrected chi connectivity index (χ2v) is 6.04. The number of aromatic amines is 1. The molecule has 2 heterocycles. The number of aryl methyl sites for hydroxylation is 2. The number of nitrogens with zero attached hydrogens (tertiary/aromatic N) is 1. The molecule has 0 radical (unpaired) electrons. The van der Waals surface area contributed by atoms with Crippen LogP contribution in [0.3, 0.4) is 0 Å². The number of rotatable bonds is 5. The van der Waals surface area contributed by atoms with Crippen LogP contribution in [0.5, 0.6) is 0 Å². The number of hydrogen-bond donors (Lipinski definition) is 3. The third-order valence-electron chi connectivity index (χ3n) is 4.23. The van der Waals surface area contributed by atoms with E-state index in [1.54, 1.807) is 7.05 Å². The SMILES string of the molecule is CN=C(NCCc1c[nH]c2cc(F)ccc12)NCc1cc(C)oc1C.I. The second-order valence-electron chi connectivity index (χ2n) is 6.04. The number of H-pyrrole nitrogens is 1. The van der Waals surface area contributed by atoms with Gasteiger partial charge in [-0.3, -0.25) is 4.99 Å². The van der Waals surface area contributed by atoms with Crippen molar-refractivity contribution in [3.05, 3.63) is 58.9 Å². The Balaban J connectivity index is 0.00000243. The molecule has 0 saturated carbocycles. The highest BCUT2D eigenvalue weighted by Crippen LogP contribution is 2.19. The maximum Gasteiger partial charge on any atom is 0.191 e. The summed E-state index contributed by atoms with van der Waals surface area (Å²) in [6.45, 7) is 5.29. The topological polar surface area (TPSA) is 65.3 Å². The molecular weight excluding hydrogens is 446 g/mol. The average molecular weight is 470 g/mol. The van der Waals surface area contributed by atoms with Gasteiger partial charge in [-0.05, 0) is 50.1 Å². The van der Waals surface area contributed by atoms with Crippen molar-refractivity contribution in [2.75, 3.05) is 13.6 Å². The molecule has 0 aliphatic heterocycles. The maximum atomic E-state index is 13.2. The highest BCUT2D eigenvalue weighted by atomic mass is 127. The van der Waals surface area contributed by atoms with Crippen LogP contribution in [-0.4, -0.2) is 24.5 Å². The van der Waals surface area contributed by atoms with Crippen LogP contribution >= 0.6 is 24.0 Å². The van der Waals surface area contributed by atoms with E-state index in [1.165, 1.54) is 12.1 Å². The van der Waals surface area contributed by atoms with Gasteiger partial charge in [-0.15, -0.1) is 24.0 Å². The van der Waals surface area contributed by atoms with Crippen LogP contribution in [-0.2, 0) is 13.0 Å². The Kier molecular flexibility index (Phi) is 7.07. The molecule has 0 fully saturated rings. The van der Waals surface area contributed by atoms with E-state index in [0.29, 0.717) is 6.54 Å². The van der Waals surface area contributed by atoms with E-state index in [-0.39, 0.29) is 29.8 Å². The Morgan fingerprint density at radius 1 is 1.19 bits per heavy atom. The molecule has 0 aliphatic rings. The number of guanidine groups is 1. The minimum Gasteiger partial charge on any atom is -0.466 e. The molecule has 5 nitrogen and oxygen atoms in total. The Hall–Kier alpha value is -2.03. The van der Waals surface area contributed by atoms with Crippen LogP contribution in [0.2, 0.25) is 0 Å². The summed E-state index contributed by atoms with van der Waals surface area (Å²) in [7, 11) is 1.75. The number of aromatic nitrogens is 1. The number of halogens is 2. The van der Waals surface area contributed by atoms with Gasteiger partial charge in [0.25, 0.3) is 0 Å². The van der Waals surface area contributed by atoms with Crippen LogP contribution in [0.25, 0.3) is 10.9 Å². The molecule has 0 spiro atoms. The summed E-state index contributed by atoms with van der Waals surface area (Å²) in [6.07, 6.45) is 2.75. The van der Waals surface area contributed by atoms with Crippen LogP contribution in [0.15, 0.2) is 39.9 Å². The number of fused-ring (bicyclic) bond motifs is 1. The van der Waals surface area contributed by atoms with Gasteiger partial charge in [0.15, 0.2) is 5.96 Å². The first-order valence-corrected chi connectivity index (χ1v) is 8.32. The van der Waals surface area contributed by atoms with Gasteiger partial charge in [0.2, 0.25) is 0 Å². The summed E-state index contributed by atoms with van der Waals surface area (Å²) in [6, 6.07) is 6.85.